The maximum absolute atomic E-state index is 4.85. The molecule has 5 rings (SSSR count). The second-order valence-corrected chi connectivity index (χ2v) is 11.3. The van der Waals surface area contributed by atoms with Crippen LogP contribution in [0.4, 0.5) is 0 Å². The molecule has 1 heterocycles. The highest BCUT2D eigenvalue weighted by molar-refractivity contribution is 5.73. The van der Waals surface area contributed by atoms with E-state index in [1.165, 1.54) is 33.5 Å². The Labute approximate surface area is 233 Å². The monoisotopic (exact) mass is 513 g/mol. The highest BCUT2D eigenvalue weighted by atomic mass is 15.3. The van der Waals surface area contributed by atoms with Gasteiger partial charge in [0.15, 0.2) is 11.6 Å². The molecule has 3 nitrogen and oxygen atoms in total. The summed E-state index contributed by atoms with van der Waals surface area (Å²) in [5.41, 5.74) is 9.91. The van der Waals surface area contributed by atoms with Crippen LogP contribution in [0.3, 0.4) is 0 Å². The van der Waals surface area contributed by atoms with Gasteiger partial charge in [-0.1, -0.05) is 113 Å². The number of benzene rings is 4. The Balaban J connectivity index is 1.85. The zero-order valence-corrected chi connectivity index (χ0v) is 23.9. The molecule has 0 fully saturated rings. The molecule has 0 N–H and O–H groups in total. The molecule has 0 spiro atoms. The molecule has 0 atom stereocenters. The van der Waals surface area contributed by atoms with E-state index in [4.69, 9.17) is 10.2 Å². The zero-order chi connectivity index (χ0) is 27.4. The van der Waals surface area contributed by atoms with Gasteiger partial charge in [-0.25, -0.2) is 0 Å². The lowest BCUT2D eigenvalue weighted by molar-refractivity contribution is 0.631. The van der Waals surface area contributed by atoms with Crippen LogP contribution in [0.2, 0.25) is 0 Å². The number of rotatable bonds is 9. The van der Waals surface area contributed by atoms with Crippen LogP contribution in [0, 0.1) is 11.8 Å². The summed E-state index contributed by atoms with van der Waals surface area (Å²) in [6.07, 6.45) is 2.93. The first kappa shape index (κ1) is 26.6. The number of hydrogen-bond donors (Lipinski definition) is 0. The van der Waals surface area contributed by atoms with Crippen molar-refractivity contribution in [3.05, 3.63) is 114 Å². The summed E-state index contributed by atoms with van der Waals surface area (Å²) in [6, 6.07) is 34.8. The van der Waals surface area contributed by atoms with Gasteiger partial charge in [0, 0.05) is 11.1 Å². The number of hydrogen-bond acceptors (Lipinski definition) is 2. The fourth-order valence-corrected chi connectivity index (χ4v) is 5.42. The standard InChI is InChI=1S/C36H39N3/c1-6-27-14-13-19-30(22-27)36-38-37-35(29-17-11-8-12-18-29)39(36)34-32(20-25(2)3)23-31(24-33(34)21-26(4)5)28-15-9-7-10-16-28/h7-19,22-26H,6,20-21H2,1-5H3. The van der Waals surface area contributed by atoms with Gasteiger partial charge < -0.3 is 0 Å². The highest BCUT2D eigenvalue weighted by Crippen LogP contribution is 2.37. The molecule has 0 aliphatic carbocycles. The molecule has 0 unspecified atom stereocenters. The van der Waals surface area contributed by atoms with Crippen molar-refractivity contribution in [3.63, 3.8) is 0 Å². The molecular formula is C36H39N3. The van der Waals surface area contributed by atoms with Crippen molar-refractivity contribution in [3.8, 4) is 39.6 Å². The smallest absolute Gasteiger partial charge is 0.168 e. The van der Waals surface area contributed by atoms with Crippen molar-refractivity contribution in [2.24, 2.45) is 11.8 Å². The van der Waals surface area contributed by atoms with Crippen molar-refractivity contribution < 1.29 is 0 Å². The Hall–Kier alpha value is -3.98. The lowest BCUT2D eigenvalue weighted by Gasteiger charge is -2.23. The van der Waals surface area contributed by atoms with E-state index in [0.29, 0.717) is 11.8 Å². The molecule has 0 aliphatic rings. The lowest BCUT2D eigenvalue weighted by Crippen LogP contribution is -2.12. The van der Waals surface area contributed by atoms with Crippen molar-refractivity contribution in [2.75, 3.05) is 0 Å². The lowest BCUT2D eigenvalue weighted by atomic mass is 9.89. The topological polar surface area (TPSA) is 30.7 Å². The van der Waals surface area contributed by atoms with Crippen LogP contribution in [0.15, 0.2) is 97.1 Å². The molecule has 0 bridgehead atoms. The van der Waals surface area contributed by atoms with Crippen molar-refractivity contribution in [1.29, 1.82) is 0 Å². The number of nitrogens with zero attached hydrogens (tertiary/aromatic N) is 3. The van der Waals surface area contributed by atoms with Crippen LogP contribution >= 0.6 is 0 Å². The number of aromatic nitrogens is 3. The first-order chi connectivity index (χ1) is 18.9. The summed E-state index contributed by atoms with van der Waals surface area (Å²) < 4.78 is 2.34. The van der Waals surface area contributed by atoms with Gasteiger partial charge in [0.05, 0.1) is 5.69 Å². The van der Waals surface area contributed by atoms with E-state index in [1.54, 1.807) is 0 Å². The van der Waals surface area contributed by atoms with Gasteiger partial charge in [-0.2, -0.15) is 0 Å². The second kappa shape index (κ2) is 11.8. The van der Waals surface area contributed by atoms with Crippen LogP contribution in [-0.2, 0) is 19.3 Å². The SMILES string of the molecule is CCc1cccc(-c2nnc(-c3ccccc3)n2-c2c(CC(C)C)cc(-c3ccccc3)cc2CC(C)C)c1. The Morgan fingerprint density at radius 3 is 1.62 bits per heavy atom. The second-order valence-electron chi connectivity index (χ2n) is 11.3. The van der Waals surface area contributed by atoms with E-state index < -0.39 is 0 Å². The molecule has 0 amide bonds. The Bertz CT molecular complexity index is 1500. The molecule has 0 saturated carbocycles. The van der Waals surface area contributed by atoms with E-state index in [2.05, 4.69) is 136 Å². The maximum atomic E-state index is 4.85. The minimum atomic E-state index is 0.505. The van der Waals surface area contributed by atoms with Gasteiger partial charge in [-0.05, 0) is 77.1 Å². The third kappa shape index (κ3) is 5.88. The van der Waals surface area contributed by atoms with Crippen LogP contribution in [0.5, 0.6) is 0 Å². The van der Waals surface area contributed by atoms with Crippen LogP contribution in [0.25, 0.3) is 39.6 Å². The van der Waals surface area contributed by atoms with Crippen molar-refractivity contribution in [2.45, 2.75) is 53.9 Å². The summed E-state index contributed by atoms with van der Waals surface area (Å²) in [5, 5.41) is 9.68. The van der Waals surface area contributed by atoms with E-state index in [0.717, 1.165) is 42.0 Å². The average molecular weight is 514 g/mol. The first-order valence-corrected chi connectivity index (χ1v) is 14.3. The zero-order valence-electron chi connectivity index (χ0n) is 23.9. The van der Waals surface area contributed by atoms with Crippen LogP contribution in [0.1, 0.15) is 51.3 Å². The van der Waals surface area contributed by atoms with Gasteiger partial charge in [0.1, 0.15) is 0 Å². The van der Waals surface area contributed by atoms with E-state index >= 15 is 0 Å². The fourth-order valence-electron chi connectivity index (χ4n) is 5.42. The van der Waals surface area contributed by atoms with Crippen LogP contribution < -0.4 is 0 Å². The Morgan fingerprint density at radius 1 is 0.564 bits per heavy atom. The van der Waals surface area contributed by atoms with Crippen molar-refractivity contribution >= 4 is 0 Å². The number of aryl methyl sites for hydroxylation is 1. The quantitative estimate of drug-likeness (QED) is 0.197. The van der Waals surface area contributed by atoms with E-state index in [9.17, 15) is 0 Å². The average Bonchev–Trinajstić information content (AvgIpc) is 3.38. The molecule has 5 aromatic rings. The molecule has 198 valence electrons. The summed E-state index contributed by atoms with van der Waals surface area (Å²) in [4.78, 5) is 0. The summed E-state index contributed by atoms with van der Waals surface area (Å²) >= 11 is 0. The van der Waals surface area contributed by atoms with Gasteiger partial charge >= 0.3 is 0 Å². The molecule has 0 saturated heterocycles. The van der Waals surface area contributed by atoms with Crippen molar-refractivity contribution in [1.82, 2.24) is 14.8 Å². The third-order valence-electron chi connectivity index (χ3n) is 7.14. The fraction of sp³-hybridized carbons (Fsp3) is 0.278. The van der Waals surface area contributed by atoms with E-state index in [1.807, 2.05) is 0 Å². The predicted octanol–water partition coefficient (Wildman–Crippen LogP) is 9.23. The van der Waals surface area contributed by atoms with Gasteiger partial charge in [0.25, 0.3) is 0 Å². The first-order valence-electron chi connectivity index (χ1n) is 14.3. The van der Waals surface area contributed by atoms with Gasteiger partial charge in [-0.15, -0.1) is 10.2 Å². The minimum absolute atomic E-state index is 0.505. The predicted molar refractivity (Wildman–Crippen MR) is 164 cm³/mol. The minimum Gasteiger partial charge on any atom is -0.274 e. The van der Waals surface area contributed by atoms with Gasteiger partial charge in [0.2, 0.25) is 0 Å². The molecule has 3 heteroatoms. The molecular weight excluding hydrogens is 474 g/mol. The Kier molecular flexibility index (Phi) is 8.07. The summed E-state index contributed by atoms with van der Waals surface area (Å²) in [6.45, 7) is 11.4. The normalized spacial score (nSPS) is 11.5. The molecule has 1 aromatic heterocycles. The molecule has 0 aliphatic heterocycles. The third-order valence-corrected chi connectivity index (χ3v) is 7.14. The summed E-state index contributed by atoms with van der Waals surface area (Å²) in [7, 11) is 0. The molecule has 4 aromatic carbocycles. The van der Waals surface area contributed by atoms with Crippen LogP contribution in [-0.4, -0.2) is 14.8 Å². The largest absolute Gasteiger partial charge is 0.274 e. The Morgan fingerprint density at radius 2 is 1.08 bits per heavy atom. The highest BCUT2D eigenvalue weighted by Gasteiger charge is 2.24. The maximum Gasteiger partial charge on any atom is 0.168 e. The molecule has 39 heavy (non-hydrogen) atoms. The summed E-state index contributed by atoms with van der Waals surface area (Å²) in [5.74, 6) is 2.79. The molecule has 0 radical (unpaired) electrons. The van der Waals surface area contributed by atoms with E-state index in [-0.39, 0.29) is 0 Å². The van der Waals surface area contributed by atoms with Gasteiger partial charge in [-0.3, -0.25) is 4.57 Å².